The Morgan fingerprint density at radius 3 is 2.73 bits per heavy atom. The van der Waals surface area contributed by atoms with Crippen LogP contribution >= 0.6 is 0 Å². The summed E-state index contributed by atoms with van der Waals surface area (Å²) in [5.41, 5.74) is 0. The van der Waals surface area contributed by atoms with Crippen LogP contribution in [0.15, 0.2) is 0 Å². The first kappa shape index (κ1) is 7.53. The number of aliphatic hydroxyl groups excluding tert-OH is 1. The lowest BCUT2D eigenvalue weighted by atomic mass is 10.2. The van der Waals surface area contributed by atoms with Crippen molar-refractivity contribution in [2.45, 2.75) is 37.5 Å². The van der Waals surface area contributed by atoms with Crippen LogP contribution in [0.3, 0.4) is 0 Å². The van der Waals surface area contributed by atoms with E-state index in [4.69, 9.17) is 0 Å². The molecule has 3 N–H and O–H groups in total. The summed E-state index contributed by atoms with van der Waals surface area (Å²) >= 11 is 0. The minimum Gasteiger partial charge on any atom is -0.391 e. The van der Waals surface area contributed by atoms with E-state index in [9.17, 15) is 5.11 Å². The van der Waals surface area contributed by atoms with Crippen LogP contribution in [-0.4, -0.2) is 36.4 Å². The highest BCUT2D eigenvalue weighted by molar-refractivity contribution is 4.89. The second kappa shape index (κ2) is 3.09. The molecule has 0 aromatic carbocycles. The van der Waals surface area contributed by atoms with E-state index < -0.39 is 0 Å². The lowest BCUT2D eigenvalue weighted by molar-refractivity contribution is 0.158. The zero-order chi connectivity index (χ0) is 7.68. The molecule has 1 saturated heterocycles. The smallest absolute Gasteiger partial charge is 0.0717 e. The number of nitrogens with one attached hydrogen (secondary N) is 2. The summed E-state index contributed by atoms with van der Waals surface area (Å²) in [5.74, 6) is 0. The summed E-state index contributed by atoms with van der Waals surface area (Å²) in [4.78, 5) is 0. The van der Waals surface area contributed by atoms with Crippen molar-refractivity contribution in [1.29, 1.82) is 0 Å². The molecule has 2 aliphatic rings. The van der Waals surface area contributed by atoms with E-state index >= 15 is 0 Å². The Labute approximate surface area is 67.2 Å². The second-order valence-electron chi connectivity index (χ2n) is 3.60. The van der Waals surface area contributed by atoms with Gasteiger partial charge in [-0.05, 0) is 25.8 Å². The average molecular weight is 156 g/mol. The van der Waals surface area contributed by atoms with Gasteiger partial charge in [0.25, 0.3) is 0 Å². The van der Waals surface area contributed by atoms with Gasteiger partial charge < -0.3 is 15.7 Å². The van der Waals surface area contributed by atoms with Crippen molar-refractivity contribution in [3.05, 3.63) is 0 Å². The molecular formula is C8H16N2O. The van der Waals surface area contributed by atoms with Crippen molar-refractivity contribution in [3.8, 4) is 0 Å². The Hall–Kier alpha value is -0.120. The Morgan fingerprint density at radius 2 is 2.18 bits per heavy atom. The average Bonchev–Trinajstić information content (AvgIpc) is 2.73. The van der Waals surface area contributed by atoms with Gasteiger partial charge in [0.2, 0.25) is 0 Å². The monoisotopic (exact) mass is 156 g/mol. The molecule has 2 fully saturated rings. The van der Waals surface area contributed by atoms with E-state index in [1.54, 1.807) is 0 Å². The third kappa shape index (κ3) is 1.92. The quantitative estimate of drug-likeness (QED) is 0.514. The fraction of sp³-hybridized carbons (Fsp3) is 1.00. The molecule has 1 aliphatic carbocycles. The van der Waals surface area contributed by atoms with Crippen molar-refractivity contribution in [2.24, 2.45) is 0 Å². The van der Waals surface area contributed by atoms with Crippen molar-refractivity contribution in [3.63, 3.8) is 0 Å². The molecule has 0 radical (unpaired) electrons. The van der Waals surface area contributed by atoms with Crippen LogP contribution in [0.25, 0.3) is 0 Å². The maximum Gasteiger partial charge on any atom is 0.0717 e. The molecule has 2 rings (SSSR count). The van der Waals surface area contributed by atoms with Crippen LogP contribution in [-0.2, 0) is 0 Å². The normalized spacial score (nSPS) is 37.9. The highest BCUT2D eigenvalue weighted by Gasteiger charge is 2.27. The zero-order valence-corrected chi connectivity index (χ0v) is 6.71. The van der Waals surface area contributed by atoms with Crippen molar-refractivity contribution < 1.29 is 5.11 Å². The van der Waals surface area contributed by atoms with Gasteiger partial charge in [-0.25, -0.2) is 0 Å². The lowest BCUT2D eigenvalue weighted by Gasteiger charge is -2.14. The molecule has 0 aromatic heterocycles. The van der Waals surface area contributed by atoms with Crippen molar-refractivity contribution in [2.75, 3.05) is 13.1 Å². The van der Waals surface area contributed by atoms with E-state index in [2.05, 4.69) is 10.6 Å². The minimum absolute atomic E-state index is 0.124. The summed E-state index contributed by atoms with van der Waals surface area (Å²) in [5, 5.41) is 16.1. The van der Waals surface area contributed by atoms with Crippen LogP contribution in [0.5, 0.6) is 0 Å². The highest BCUT2D eigenvalue weighted by atomic mass is 16.3. The summed E-state index contributed by atoms with van der Waals surface area (Å²) in [6, 6.07) is 1.06. The molecule has 2 atom stereocenters. The Kier molecular flexibility index (Phi) is 2.11. The van der Waals surface area contributed by atoms with Gasteiger partial charge in [-0.15, -0.1) is 0 Å². The number of hydrogen-bond donors (Lipinski definition) is 3. The molecule has 1 saturated carbocycles. The molecular weight excluding hydrogens is 140 g/mol. The predicted molar refractivity (Wildman–Crippen MR) is 43.4 cm³/mol. The molecule has 11 heavy (non-hydrogen) atoms. The lowest BCUT2D eigenvalue weighted by Crippen LogP contribution is -2.40. The Bertz CT molecular complexity index is 136. The SMILES string of the molecule is O[C@H]1CCN[C@@H]1CNC1CC1. The predicted octanol–water partition coefficient (Wildman–Crippen LogP) is -0.539. The molecule has 0 amide bonds. The molecule has 1 aliphatic heterocycles. The van der Waals surface area contributed by atoms with E-state index in [1.165, 1.54) is 12.8 Å². The van der Waals surface area contributed by atoms with Crippen LogP contribution in [0, 0.1) is 0 Å². The number of hydrogen-bond acceptors (Lipinski definition) is 3. The topological polar surface area (TPSA) is 44.3 Å². The van der Waals surface area contributed by atoms with Crippen molar-refractivity contribution in [1.82, 2.24) is 10.6 Å². The first-order valence-corrected chi connectivity index (χ1v) is 4.51. The molecule has 0 bridgehead atoms. The van der Waals surface area contributed by atoms with Crippen LogP contribution in [0.2, 0.25) is 0 Å². The largest absolute Gasteiger partial charge is 0.391 e. The summed E-state index contributed by atoms with van der Waals surface area (Å²) in [7, 11) is 0. The van der Waals surface area contributed by atoms with Gasteiger partial charge in [0.15, 0.2) is 0 Å². The minimum atomic E-state index is -0.124. The summed E-state index contributed by atoms with van der Waals surface area (Å²) in [6.45, 7) is 1.91. The molecule has 3 nitrogen and oxygen atoms in total. The van der Waals surface area contributed by atoms with Crippen LogP contribution < -0.4 is 10.6 Å². The van der Waals surface area contributed by atoms with Gasteiger partial charge in [-0.2, -0.15) is 0 Å². The second-order valence-corrected chi connectivity index (χ2v) is 3.60. The fourth-order valence-electron chi connectivity index (χ4n) is 1.54. The summed E-state index contributed by atoms with van der Waals surface area (Å²) < 4.78 is 0. The molecule has 0 unspecified atom stereocenters. The molecule has 0 aromatic rings. The van der Waals surface area contributed by atoms with Crippen molar-refractivity contribution >= 4 is 0 Å². The number of rotatable bonds is 3. The first-order chi connectivity index (χ1) is 5.36. The van der Waals surface area contributed by atoms with Crippen LogP contribution in [0.1, 0.15) is 19.3 Å². The zero-order valence-electron chi connectivity index (χ0n) is 6.71. The third-order valence-corrected chi connectivity index (χ3v) is 2.51. The van der Waals surface area contributed by atoms with E-state index in [-0.39, 0.29) is 6.10 Å². The highest BCUT2D eigenvalue weighted by Crippen LogP contribution is 2.18. The van der Waals surface area contributed by atoms with Crippen LogP contribution in [0.4, 0.5) is 0 Å². The van der Waals surface area contributed by atoms with E-state index in [0.29, 0.717) is 6.04 Å². The molecule has 3 heteroatoms. The molecule has 64 valence electrons. The summed E-state index contributed by atoms with van der Waals surface area (Å²) in [6.07, 6.45) is 3.43. The standard InChI is InChI=1S/C8H16N2O/c11-8-3-4-9-7(8)5-10-6-1-2-6/h6-11H,1-5H2/t7-,8+/m1/s1. The van der Waals surface area contributed by atoms with Gasteiger partial charge >= 0.3 is 0 Å². The fourth-order valence-corrected chi connectivity index (χ4v) is 1.54. The van der Waals surface area contributed by atoms with E-state index in [1.807, 2.05) is 0 Å². The molecule has 1 heterocycles. The maximum absolute atomic E-state index is 9.42. The maximum atomic E-state index is 9.42. The third-order valence-electron chi connectivity index (χ3n) is 2.51. The van der Waals surface area contributed by atoms with E-state index in [0.717, 1.165) is 25.6 Å². The van der Waals surface area contributed by atoms with Gasteiger partial charge in [0, 0.05) is 18.6 Å². The van der Waals surface area contributed by atoms with Gasteiger partial charge in [0.05, 0.1) is 6.10 Å². The first-order valence-electron chi connectivity index (χ1n) is 4.51. The van der Waals surface area contributed by atoms with Gasteiger partial charge in [-0.3, -0.25) is 0 Å². The van der Waals surface area contributed by atoms with Gasteiger partial charge in [0.1, 0.15) is 0 Å². The Balaban J connectivity index is 1.67. The van der Waals surface area contributed by atoms with Gasteiger partial charge in [-0.1, -0.05) is 0 Å². The Morgan fingerprint density at radius 1 is 1.36 bits per heavy atom. The molecule has 0 spiro atoms. The number of aliphatic hydroxyl groups is 1.